The van der Waals surface area contributed by atoms with Crippen molar-refractivity contribution in [2.45, 2.75) is 49.6 Å². The first-order chi connectivity index (χ1) is 8.63. The molecule has 0 amide bonds. The Morgan fingerprint density at radius 2 is 2.06 bits per heavy atom. The maximum Gasteiger partial charge on any atom is 0.242 e. The van der Waals surface area contributed by atoms with E-state index in [4.69, 9.17) is 5.73 Å². The number of nitrogens with zero attached hydrogens (tertiary/aromatic N) is 1. The highest BCUT2D eigenvalue weighted by atomic mass is 32.2. The molecule has 1 aliphatic carbocycles. The Morgan fingerprint density at radius 3 is 2.72 bits per heavy atom. The molecule has 1 aliphatic rings. The molecule has 100 valence electrons. The Morgan fingerprint density at radius 1 is 1.33 bits per heavy atom. The Bertz CT molecular complexity index is 496. The highest BCUT2D eigenvalue weighted by Gasteiger charge is 2.23. The average Bonchev–Trinajstić information content (AvgIpc) is 2.39. The van der Waals surface area contributed by atoms with Gasteiger partial charge in [-0.15, -0.1) is 0 Å². The van der Waals surface area contributed by atoms with E-state index in [1.165, 1.54) is 6.42 Å². The standard InChI is InChI=1S/C12H19N3O2S/c13-9-11-12(7-4-8-14-11)18(16,17)15-10-5-2-1-3-6-10/h4,7-8,10,15H,1-3,5-6,9,13H2. The van der Waals surface area contributed by atoms with E-state index >= 15 is 0 Å². The van der Waals surface area contributed by atoms with E-state index in [1.54, 1.807) is 18.3 Å². The molecular formula is C12H19N3O2S. The van der Waals surface area contributed by atoms with Crippen LogP contribution in [0.25, 0.3) is 0 Å². The van der Waals surface area contributed by atoms with Gasteiger partial charge in [-0.05, 0) is 25.0 Å². The Balaban J connectivity index is 2.19. The maximum atomic E-state index is 12.3. The van der Waals surface area contributed by atoms with E-state index in [2.05, 4.69) is 9.71 Å². The fraction of sp³-hybridized carbons (Fsp3) is 0.583. The van der Waals surface area contributed by atoms with Crippen LogP contribution in [0.3, 0.4) is 0 Å². The molecule has 2 rings (SSSR count). The smallest absolute Gasteiger partial charge is 0.242 e. The second-order valence-corrected chi connectivity index (χ2v) is 6.29. The summed E-state index contributed by atoms with van der Waals surface area (Å²) in [5.74, 6) is 0. The van der Waals surface area contributed by atoms with E-state index < -0.39 is 10.0 Å². The second-order valence-electron chi connectivity index (χ2n) is 4.61. The van der Waals surface area contributed by atoms with Gasteiger partial charge in [0, 0.05) is 18.8 Å². The quantitative estimate of drug-likeness (QED) is 0.858. The topological polar surface area (TPSA) is 85.1 Å². The zero-order chi connectivity index (χ0) is 13.0. The van der Waals surface area contributed by atoms with Crippen molar-refractivity contribution in [3.8, 4) is 0 Å². The molecule has 1 saturated carbocycles. The summed E-state index contributed by atoms with van der Waals surface area (Å²) in [6.45, 7) is 0.127. The van der Waals surface area contributed by atoms with Gasteiger partial charge in [-0.1, -0.05) is 19.3 Å². The third-order valence-corrected chi connectivity index (χ3v) is 4.85. The van der Waals surface area contributed by atoms with Crippen molar-refractivity contribution in [2.24, 2.45) is 5.73 Å². The van der Waals surface area contributed by atoms with Gasteiger partial charge in [0.15, 0.2) is 0 Å². The molecule has 6 heteroatoms. The number of nitrogens with one attached hydrogen (secondary N) is 1. The molecule has 0 saturated heterocycles. The largest absolute Gasteiger partial charge is 0.325 e. The molecule has 0 unspecified atom stereocenters. The van der Waals surface area contributed by atoms with Gasteiger partial charge in [0.1, 0.15) is 4.90 Å². The molecule has 0 spiro atoms. The molecule has 0 atom stereocenters. The number of nitrogens with two attached hydrogens (primary N) is 1. The van der Waals surface area contributed by atoms with Crippen molar-refractivity contribution in [2.75, 3.05) is 0 Å². The Labute approximate surface area is 108 Å². The van der Waals surface area contributed by atoms with E-state index in [0.29, 0.717) is 5.69 Å². The molecule has 0 radical (unpaired) electrons. The zero-order valence-electron chi connectivity index (χ0n) is 10.3. The van der Waals surface area contributed by atoms with Crippen molar-refractivity contribution >= 4 is 10.0 Å². The van der Waals surface area contributed by atoms with Crippen LogP contribution in [0.4, 0.5) is 0 Å². The number of hydrogen-bond acceptors (Lipinski definition) is 4. The molecule has 1 fully saturated rings. The summed E-state index contributed by atoms with van der Waals surface area (Å²) in [5.41, 5.74) is 5.94. The van der Waals surface area contributed by atoms with Gasteiger partial charge in [0.2, 0.25) is 10.0 Å². The average molecular weight is 269 g/mol. The lowest BCUT2D eigenvalue weighted by atomic mass is 9.96. The summed E-state index contributed by atoms with van der Waals surface area (Å²) in [6, 6.07) is 3.23. The number of aromatic nitrogens is 1. The van der Waals surface area contributed by atoms with Crippen molar-refractivity contribution in [3.05, 3.63) is 24.0 Å². The van der Waals surface area contributed by atoms with Crippen LogP contribution in [0.2, 0.25) is 0 Å². The van der Waals surface area contributed by atoms with Crippen LogP contribution in [-0.4, -0.2) is 19.4 Å². The van der Waals surface area contributed by atoms with Gasteiger partial charge in [-0.3, -0.25) is 4.98 Å². The van der Waals surface area contributed by atoms with Gasteiger partial charge in [-0.25, -0.2) is 13.1 Å². The number of pyridine rings is 1. The molecule has 1 aromatic rings. The third kappa shape index (κ3) is 3.07. The molecule has 0 aliphatic heterocycles. The monoisotopic (exact) mass is 269 g/mol. The fourth-order valence-electron chi connectivity index (χ4n) is 2.32. The molecule has 0 bridgehead atoms. The second kappa shape index (κ2) is 5.77. The Hall–Kier alpha value is -0.980. The summed E-state index contributed by atoms with van der Waals surface area (Å²) < 4.78 is 27.3. The van der Waals surface area contributed by atoms with Crippen LogP contribution in [0.1, 0.15) is 37.8 Å². The van der Waals surface area contributed by atoms with Crippen LogP contribution >= 0.6 is 0 Å². The lowest BCUT2D eigenvalue weighted by Gasteiger charge is -2.23. The molecule has 1 aromatic heterocycles. The number of sulfonamides is 1. The van der Waals surface area contributed by atoms with Gasteiger partial charge in [0.05, 0.1) is 5.69 Å². The summed E-state index contributed by atoms with van der Waals surface area (Å²) >= 11 is 0. The number of hydrogen-bond donors (Lipinski definition) is 2. The molecule has 18 heavy (non-hydrogen) atoms. The van der Waals surface area contributed by atoms with Gasteiger partial charge in [0.25, 0.3) is 0 Å². The van der Waals surface area contributed by atoms with Crippen molar-refractivity contribution < 1.29 is 8.42 Å². The van der Waals surface area contributed by atoms with E-state index in [-0.39, 0.29) is 17.5 Å². The predicted octanol–water partition coefficient (Wildman–Crippen LogP) is 1.15. The summed E-state index contributed by atoms with van der Waals surface area (Å²) in [7, 11) is -3.50. The van der Waals surface area contributed by atoms with Crippen LogP contribution in [0.15, 0.2) is 23.2 Å². The highest BCUT2D eigenvalue weighted by Crippen LogP contribution is 2.20. The van der Waals surface area contributed by atoms with Gasteiger partial charge in [-0.2, -0.15) is 0 Å². The highest BCUT2D eigenvalue weighted by molar-refractivity contribution is 7.89. The molecular weight excluding hydrogens is 250 g/mol. The summed E-state index contributed by atoms with van der Waals surface area (Å²) in [4.78, 5) is 4.22. The van der Waals surface area contributed by atoms with Crippen LogP contribution in [0.5, 0.6) is 0 Å². The van der Waals surface area contributed by atoms with Crippen LogP contribution in [-0.2, 0) is 16.6 Å². The minimum Gasteiger partial charge on any atom is -0.325 e. The molecule has 5 nitrogen and oxygen atoms in total. The van der Waals surface area contributed by atoms with Crippen LogP contribution < -0.4 is 10.5 Å². The van der Waals surface area contributed by atoms with Crippen molar-refractivity contribution in [1.29, 1.82) is 0 Å². The summed E-state index contributed by atoms with van der Waals surface area (Å²) in [6.07, 6.45) is 6.75. The molecule has 3 N–H and O–H groups in total. The van der Waals surface area contributed by atoms with Gasteiger partial charge >= 0.3 is 0 Å². The van der Waals surface area contributed by atoms with E-state index in [9.17, 15) is 8.42 Å². The van der Waals surface area contributed by atoms with E-state index in [0.717, 1.165) is 25.7 Å². The molecule has 0 aromatic carbocycles. The SMILES string of the molecule is NCc1ncccc1S(=O)(=O)NC1CCCCC1. The minimum atomic E-state index is -3.50. The number of rotatable bonds is 4. The first-order valence-corrected chi connectivity index (χ1v) is 7.78. The van der Waals surface area contributed by atoms with Crippen LogP contribution in [0, 0.1) is 0 Å². The predicted molar refractivity (Wildman–Crippen MR) is 69.3 cm³/mol. The first-order valence-electron chi connectivity index (χ1n) is 6.30. The first kappa shape index (κ1) is 13.5. The van der Waals surface area contributed by atoms with Gasteiger partial charge < -0.3 is 5.73 Å². The van der Waals surface area contributed by atoms with E-state index in [1.807, 2.05) is 0 Å². The third-order valence-electron chi connectivity index (χ3n) is 3.26. The lowest BCUT2D eigenvalue weighted by molar-refractivity contribution is 0.412. The van der Waals surface area contributed by atoms with Crippen molar-refractivity contribution in [1.82, 2.24) is 9.71 Å². The minimum absolute atomic E-state index is 0.0505. The fourth-order valence-corrected chi connectivity index (χ4v) is 3.83. The summed E-state index contributed by atoms with van der Waals surface area (Å²) in [5, 5.41) is 0. The normalized spacial score (nSPS) is 17.8. The Kier molecular flexibility index (Phi) is 4.31. The van der Waals surface area contributed by atoms with Crippen molar-refractivity contribution in [3.63, 3.8) is 0 Å². The molecule has 1 heterocycles. The lowest BCUT2D eigenvalue weighted by Crippen LogP contribution is -2.36. The zero-order valence-corrected chi connectivity index (χ0v) is 11.1. The maximum absolute atomic E-state index is 12.3.